The first-order valence-electron chi connectivity index (χ1n) is 9.50. The molecule has 3 rings (SSSR count). The molecule has 0 aliphatic carbocycles. The highest BCUT2D eigenvalue weighted by Crippen LogP contribution is 2.24. The summed E-state index contributed by atoms with van der Waals surface area (Å²) in [6, 6.07) is 5.09. The lowest BCUT2D eigenvalue weighted by molar-refractivity contribution is 0.0858. The molecule has 1 aromatic carbocycles. The minimum atomic E-state index is -0.251. The van der Waals surface area contributed by atoms with Crippen molar-refractivity contribution >= 4 is 0 Å². The number of benzene rings is 1. The molecule has 142 valence electrons. The summed E-state index contributed by atoms with van der Waals surface area (Å²) < 4.78 is 19.2. The predicted octanol–water partition coefficient (Wildman–Crippen LogP) is 3.91. The van der Waals surface area contributed by atoms with Crippen molar-refractivity contribution in [2.45, 2.75) is 40.2 Å². The van der Waals surface area contributed by atoms with Gasteiger partial charge in [-0.25, -0.2) is 4.39 Å². The van der Waals surface area contributed by atoms with Crippen LogP contribution in [0.3, 0.4) is 0 Å². The van der Waals surface area contributed by atoms with Crippen LogP contribution < -0.4 is 0 Å². The van der Waals surface area contributed by atoms with E-state index >= 15 is 0 Å². The summed E-state index contributed by atoms with van der Waals surface area (Å²) in [5, 5.41) is 4.05. The Balaban J connectivity index is 1.60. The fraction of sp³-hybridized carbons (Fsp3) is 0.600. The third kappa shape index (κ3) is 4.48. The molecular formula is C20H29FN4O. The molecular weight excluding hydrogens is 331 g/mol. The van der Waals surface area contributed by atoms with Crippen LogP contribution in [0.1, 0.15) is 44.7 Å². The van der Waals surface area contributed by atoms with E-state index in [9.17, 15) is 4.39 Å². The van der Waals surface area contributed by atoms with Crippen LogP contribution in [0.2, 0.25) is 0 Å². The van der Waals surface area contributed by atoms with Gasteiger partial charge in [0.1, 0.15) is 5.82 Å². The number of rotatable bonds is 6. The standard InChI is InChI=1S/C20H29FN4O/c1-14(2)7-8-24-9-11-25(12-10-24)16(4)20-22-19(23-26-20)17-6-5-15(3)18(21)13-17/h5-6,13-14,16H,7-12H2,1-4H3. The molecule has 0 saturated carbocycles. The molecule has 0 N–H and O–H groups in total. The van der Waals surface area contributed by atoms with Gasteiger partial charge >= 0.3 is 0 Å². The number of hydrogen-bond acceptors (Lipinski definition) is 5. The maximum atomic E-state index is 13.8. The van der Waals surface area contributed by atoms with Gasteiger partial charge in [-0.2, -0.15) is 4.98 Å². The molecule has 1 unspecified atom stereocenters. The van der Waals surface area contributed by atoms with Gasteiger partial charge in [-0.05, 0) is 44.4 Å². The first kappa shape index (κ1) is 19.0. The molecule has 1 aromatic heterocycles. The maximum absolute atomic E-state index is 13.8. The van der Waals surface area contributed by atoms with Gasteiger partial charge < -0.3 is 9.42 Å². The summed E-state index contributed by atoms with van der Waals surface area (Å²) >= 11 is 0. The minimum Gasteiger partial charge on any atom is -0.337 e. The summed E-state index contributed by atoms with van der Waals surface area (Å²) in [4.78, 5) is 9.40. The van der Waals surface area contributed by atoms with Crippen LogP contribution in [-0.2, 0) is 0 Å². The smallest absolute Gasteiger partial charge is 0.244 e. The largest absolute Gasteiger partial charge is 0.337 e. The molecule has 26 heavy (non-hydrogen) atoms. The van der Waals surface area contributed by atoms with E-state index < -0.39 is 0 Å². The maximum Gasteiger partial charge on any atom is 0.244 e. The quantitative estimate of drug-likeness (QED) is 0.781. The Morgan fingerprint density at radius 1 is 1.15 bits per heavy atom. The number of aromatic nitrogens is 2. The Bertz CT molecular complexity index is 722. The van der Waals surface area contributed by atoms with Crippen LogP contribution in [0, 0.1) is 18.7 Å². The first-order valence-corrected chi connectivity index (χ1v) is 9.50. The van der Waals surface area contributed by atoms with E-state index in [1.165, 1.54) is 19.0 Å². The Kier molecular flexibility index (Phi) is 6.04. The van der Waals surface area contributed by atoms with Crippen LogP contribution in [0.5, 0.6) is 0 Å². The number of aryl methyl sites for hydroxylation is 1. The van der Waals surface area contributed by atoms with Crippen molar-refractivity contribution < 1.29 is 8.91 Å². The van der Waals surface area contributed by atoms with E-state index in [0.29, 0.717) is 22.8 Å². The molecule has 1 fully saturated rings. The summed E-state index contributed by atoms with van der Waals surface area (Å²) in [5.74, 6) is 1.53. The van der Waals surface area contributed by atoms with Crippen molar-refractivity contribution in [3.05, 3.63) is 35.5 Å². The van der Waals surface area contributed by atoms with Crippen LogP contribution in [-0.4, -0.2) is 52.7 Å². The highest BCUT2D eigenvalue weighted by molar-refractivity contribution is 5.54. The number of piperazine rings is 1. The minimum absolute atomic E-state index is 0.0683. The monoisotopic (exact) mass is 360 g/mol. The molecule has 0 spiro atoms. The third-order valence-electron chi connectivity index (χ3n) is 5.21. The van der Waals surface area contributed by atoms with E-state index in [1.807, 2.05) is 6.07 Å². The molecule has 2 aromatic rings. The molecule has 6 heteroatoms. The van der Waals surface area contributed by atoms with Crippen molar-refractivity contribution in [1.82, 2.24) is 19.9 Å². The van der Waals surface area contributed by atoms with E-state index in [2.05, 4.69) is 40.7 Å². The second-order valence-corrected chi connectivity index (χ2v) is 7.66. The van der Waals surface area contributed by atoms with Crippen molar-refractivity contribution in [2.24, 2.45) is 5.92 Å². The molecule has 1 aliphatic heterocycles. The zero-order valence-corrected chi connectivity index (χ0v) is 16.2. The molecule has 2 heterocycles. The highest BCUT2D eigenvalue weighted by Gasteiger charge is 2.26. The van der Waals surface area contributed by atoms with Crippen molar-refractivity contribution in [2.75, 3.05) is 32.7 Å². The summed E-state index contributed by atoms with van der Waals surface area (Å²) in [6.45, 7) is 13.7. The van der Waals surface area contributed by atoms with Crippen molar-refractivity contribution in [3.8, 4) is 11.4 Å². The summed E-state index contributed by atoms with van der Waals surface area (Å²) in [5.41, 5.74) is 1.26. The number of nitrogens with zero attached hydrogens (tertiary/aromatic N) is 4. The average Bonchev–Trinajstić information content (AvgIpc) is 3.12. The van der Waals surface area contributed by atoms with Gasteiger partial charge in [-0.3, -0.25) is 4.90 Å². The SMILES string of the molecule is Cc1ccc(-c2noc(C(C)N3CCN(CCC(C)C)CC3)n2)cc1F. The van der Waals surface area contributed by atoms with Crippen LogP contribution in [0.4, 0.5) is 4.39 Å². The van der Waals surface area contributed by atoms with Gasteiger partial charge in [0.2, 0.25) is 11.7 Å². The highest BCUT2D eigenvalue weighted by atomic mass is 19.1. The number of hydrogen-bond donors (Lipinski definition) is 0. The lowest BCUT2D eigenvalue weighted by Crippen LogP contribution is -2.47. The fourth-order valence-corrected chi connectivity index (χ4v) is 3.23. The fourth-order valence-electron chi connectivity index (χ4n) is 3.23. The molecule has 1 saturated heterocycles. The average molecular weight is 360 g/mol. The third-order valence-corrected chi connectivity index (χ3v) is 5.21. The normalized spacial score (nSPS) is 17.8. The Morgan fingerprint density at radius 2 is 1.88 bits per heavy atom. The van der Waals surface area contributed by atoms with Gasteiger partial charge in [0, 0.05) is 31.7 Å². The summed E-state index contributed by atoms with van der Waals surface area (Å²) in [6.07, 6.45) is 1.25. The van der Waals surface area contributed by atoms with Crippen molar-refractivity contribution in [3.63, 3.8) is 0 Å². The number of halogens is 1. The Morgan fingerprint density at radius 3 is 2.54 bits per heavy atom. The molecule has 0 amide bonds. The van der Waals surface area contributed by atoms with Crippen LogP contribution in [0.15, 0.2) is 22.7 Å². The van der Waals surface area contributed by atoms with Crippen molar-refractivity contribution in [1.29, 1.82) is 0 Å². The second-order valence-electron chi connectivity index (χ2n) is 7.66. The van der Waals surface area contributed by atoms with Gasteiger partial charge in [0.25, 0.3) is 0 Å². The zero-order chi connectivity index (χ0) is 18.7. The first-order chi connectivity index (χ1) is 12.4. The summed E-state index contributed by atoms with van der Waals surface area (Å²) in [7, 11) is 0. The van der Waals surface area contributed by atoms with E-state index in [0.717, 1.165) is 32.1 Å². The lowest BCUT2D eigenvalue weighted by atomic mass is 10.1. The van der Waals surface area contributed by atoms with Crippen LogP contribution in [0.25, 0.3) is 11.4 Å². The van der Waals surface area contributed by atoms with Gasteiger partial charge in [-0.15, -0.1) is 0 Å². The van der Waals surface area contributed by atoms with Gasteiger partial charge in [-0.1, -0.05) is 31.1 Å². The molecule has 0 bridgehead atoms. The molecule has 1 atom stereocenters. The van der Waals surface area contributed by atoms with E-state index in [-0.39, 0.29) is 11.9 Å². The van der Waals surface area contributed by atoms with E-state index in [1.54, 1.807) is 13.0 Å². The van der Waals surface area contributed by atoms with Crippen LogP contribution >= 0.6 is 0 Å². The second kappa shape index (κ2) is 8.27. The zero-order valence-electron chi connectivity index (χ0n) is 16.2. The molecule has 1 aliphatic rings. The topological polar surface area (TPSA) is 45.4 Å². The van der Waals surface area contributed by atoms with E-state index in [4.69, 9.17) is 4.52 Å². The van der Waals surface area contributed by atoms with Gasteiger partial charge in [0.15, 0.2) is 0 Å². The van der Waals surface area contributed by atoms with Gasteiger partial charge in [0.05, 0.1) is 6.04 Å². The predicted molar refractivity (Wildman–Crippen MR) is 100 cm³/mol. The Labute approximate surface area is 155 Å². The molecule has 0 radical (unpaired) electrons. The Hall–Kier alpha value is -1.79. The molecule has 5 nitrogen and oxygen atoms in total. The lowest BCUT2D eigenvalue weighted by Gasteiger charge is -2.37.